The molecule has 6 heteroatoms. The lowest BCUT2D eigenvalue weighted by Crippen LogP contribution is -2.13. The predicted octanol–water partition coefficient (Wildman–Crippen LogP) is -0.323. The number of amides is 2. The molecule has 0 fully saturated rings. The maximum absolute atomic E-state index is 10.3. The van der Waals surface area contributed by atoms with Gasteiger partial charge in [-0.1, -0.05) is 0 Å². The number of carboxylic acids is 1. The Morgan fingerprint density at radius 2 is 2.30 bits per heavy atom. The first-order valence-electron chi connectivity index (χ1n) is 2.43. The topological polar surface area (TPSA) is 78.8 Å². The van der Waals surface area contributed by atoms with Crippen LogP contribution in [0.1, 0.15) is 0 Å². The summed E-state index contributed by atoms with van der Waals surface area (Å²) in [5, 5.41) is 10.3. The molecule has 5 nitrogen and oxygen atoms in total. The van der Waals surface area contributed by atoms with E-state index in [1.165, 1.54) is 7.05 Å². The van der Waals surface area contributed by atoms with Gasteiger partial charge in [0.2, 0.25) is 0 Å². The van der Waals surface area contributed by atoms with E-state index in [4.69, 9.17) is 5.11 Å². The normalized spacial score (nSPS) is 9.70. The third kappa shape index (κ3) is 5.10. The van der Waals surface area contributed by atoms with Gasteiger partial charge in [-0.3, -0.25) is 0 Å². The highest BCUT2D eigenvalue weighted by Gasteiger charge is 2.07. The van der Waals surface area contributed by atoms with Crippen molar-refractivity contribution in [1.82, 2.24) is 5.32 Å². The number of nitrogens with one attached hydrogen (secondary N) is 1. The molecule has 0 saturated heterocycles. The molecule has 2 amide bonds. The number of carbonyl (C=O) groups is 2. The second-order valence-electron chi connectivity index (χ2n) is 1.31. The van der Waals surface area contributed by atoms with Crippen LogP contribution in [0.2, 0.25) is 0 Å². The van der Waals surface area contributed by atoms with Crippen LogP contribution in [-0.2, 0) is 16.4 Å². The van der Waals surface area contributed by atoms with E-state index < -0.39 is 12.0 Å². The first kappa shape index (κ1) is 8.96. The van der Waals surface area contributed by atoms with Crippen molar-refractivity contribution in [3.8, 4) is 0 Å². The van der Waals surface area contributed by atoms with Crippen LogP contribution in [0, 0.1) is 0 Å². The summed E-state index contributed by atoms with van der Waals surface area (Å²) >= 11 is 0.707. The quantitative estimate of drug-likeness (QED) is 0.547. The molecule has 0 bridgehead atoms. The molecule has 0 unspecified atom stereocenters. The largest absolute Gasteiger partial charge is 0.477 e. The minimum absolute atomic E-state index is 0.187. The van der Waals surface area contributed by atoms with Crippen molar-refractivity contribution in [3.05, 3.63) is 0 Å². The molecular formula is C4H7N2O3S+. The number of rotatable bonds is 2. The lowest BCUT2D eigenvalue weighted by Gasteiger charge is -1.77. The van der Waals surface area contributed by atoms with Crippen LogP contribution in [-0.4, -0.2) is 29.9 Å². The summed E-state index contributed by atoms with van der Waals surface area (Å²) in [5.74, 6) is -1.18. The Balaban J connectivity index is 3.56. The smallest absolute Gasteiger partial charge is 0.394 e. The Labute approximate surface area is 61.6 Å². The monoisotopic (exact) mass is 163 g/mol. The second-order valence-corrected chi connectivity index (χ2v) is 2.04. The van der Waals surface area contributed by atoms with Crippen LogP contribution in [0.5, 0.6) is 0 Å². The molecule has 0 aromatic rings. The van der Waals surface area contributed by atoms with Crippen LogP contribution >= 0.6 is 0 Å². The zero-order valence-corrected chi connectivity index (χ0v) is 6.14. The zero-order chi connectivity index (χ0) is 7.98. The van der Waals surface area contributed by atoms with E-state index in [2.05, 4.69) is 9.68 Å². The van der Waals surface area contributed by atoms with Gasteiger partial charge >= 0.3 is 23.6 Å². The highest BCUT2D eigenvalue weighted by molar-refractivity contribution is 7.69. The standard InChI is InChI=1S/C4H6N2O3S/c1-5-4(9)6-10-2-3(7)8/h2H2,1H3,(H-,5,7,8,9)/p+1. The molecule has 56 valence electrons. The number of carboxylic acid groups (broad SMARTS) is 1. The molecule has 0 aromatic carbocycles. The third-order valence-corrected chi connectivity index (χ3v) is 1.22. The summed E-state index contributed by atoms with van der Waals surface area (Å²) in [6, 6.07) is -0.522. The molecule has 10 heavy (non-hydrogen) atoms. The molecule has 0 heterocycles. The van der Waals surface area contributed by atoms with Crippen LogP contribution in [0.3, 0.4) is 0 Å². The van der Waals surface area contributed by atoms with Gasteiger partial charge in [0, 0.05) is 7.05 Å². The van der Waals surface area contributed by atoms with Crippen molar-refractivity contribution < 1.29 is 14.7 Å². The summed E-state index contributed by atoms with van der Waals surface area (Å²) < 4.78 is 3.27. The van der Waals surface area contributed by atoms with E-state index in [0.29, 0.717) is 11.6 Å². The van der Waals surface area contributed by atoms with Crippen molar-refractivity contribution in [2.24, 2.45) is 4.36 Å². The second kappa shape index (κ2) is 4.80. The zero-order valence-electron chi connectivity index (χ0n) is 5.33. The van der Waals surface area contributed by atoms with Gasteiger partial charge < -0.3 is 10.4 Å². The highest BCUT2D eigenvalue weighted by Crippen LogP contribution is 1.73. The SMILES string of the molecule is CNC(=O)N=[S+]CC(=O)O. The Morgan fingerprint density at radius 3 is 2.70 bits per heavy atom. The minimum Gasteiger partial charge on any atom is -0.477 e. The van der Waals surface area contributed by atoms with Gasteiger partial charge in [-0.2, -0.15) is 0 Å². The molecule has 0 aliphatic rings. The fraction of sp³-hybridized carbons (Fsp3) is 0.500. The molecule has 0 aliphatic heterocycles. The number of urea groups is 1. The molecule has 0 aromatic heterocycles. The first-order valence-corrected chi connectivity index (χ1v) is 3.37. The van der Waals surface area contributed by atoms with Crippen molar-refractivity contribution in [2.75, 3.05) is 12.8 Å². The molecule has 0 aliphatic carbocycles. The molecule has 2 N–H and O–H groups in total. The Bertz CT molecular complexity index is 168. The highest BCUT2D eigenvalue weighted by atomic mass is 32.1. The van der Waals surface area contributed by atoms with Gasteiger partial charge in [0.1, 0.15) is 0 Å². The van der Waals surface area contributed by atoms with Gasteiger partial charge in [0.15, 0.2) is 0 Å². The van der Waals surface area contributed by atoms with Crippen LogP contribution < -0.4 is 5.32 Å². The van der Waals surface area contributed by atoms with Gasteiger partial charge in [0.25, 0.3) is 5.75 Å². The number of hydrogen-bond acceptors (Lipinski definition) is 2. The van der Waals surface area contributed by atoms with Crippen molar-refractivity contribution in [3.63, 3.8) is 0 Å². The Kier molecular flexibility index (Phi) is 4.30. The fourth-order valence-electron chi connectivity index (χ4n) is 0.192. The average Bonchev–Trinajstić information content (AvgIpc) is 1.87. The van der Waals surface area contributed by atoms with E-state index >= 15 is 0 Å². The first-order chi connectivity index (χ1) is 4.66. The van der Waals surface area contributed by atoms with Gasteiger partial charge in [0.05, 0.1) is 4.36 Å². The lowest BCUT2D eigenvalue weighted by atomic mass is 10.8. The number of nitrogens with zero attached hydrogens (tertiary/aromatic N) is 1. The summed E-state index contributed by atoms with van der Waals surface area (Å²) in [5.41, 5.74) is 0. The van der Waals surface area contributed by atoms with Gasteiger partial charge in [-0.15, -0.1) is 0 Å². The van der Waals surface area contributed by atoms with Crippen molar-refractivity contribution >= 4 is 23.6 Å². The number of carbonyl (C=O) groups excluding carboxylic acids is 1. The molecule has 0 rings (SSSR count). The van der Waals surface area contributed by atoms with Crippen LogP contribution in [0.25, 0.3) is 0 Å². The summed E-state index contributed by atoms with van der Waals surface area (Å²) in [7, 11) is 1.42. The Morgan fingerprint density at radius 1 is 1.70 bits per heavy atom. The van der Waals surface area contributed by atoms with Crippen molar-refractivity contribution in [1.29, 1.82) is 0 Å². The summed E-state index contributed by atoms with van der Waals surface area (Å²) in [4.78, 5) is 20.2. The third-order valence-electron chi connectivity index (χ3n) is 0.549. The molecule has 0 radical (unpaired) electrons. The van der Waals surface area contributed by atoms with Gasteiger partial charge in [-0.05, 0) is 0 Å². The lowest BCUT2D eigenvalue weighted by molar-refractivity contribution is -0.133. The maximum atomic E-state index is 10.3. The van der Waals surface area contributed by atoms with E-state index in [1.54, 1.807) is 0 Å². The maximum Gasteiger partial charge on any atom is 0.394 e. The molecular weight excluding hydrogens is 156 g/mol. The molecule has 0 spiro atoms. The van der Waals surface area contributed by atoms with Crippen molar-refractivity contribution in [2.45, 2.75) is 0 Å². The van der Waals surface area contributed by atoms with Crippen LogP contribution in [0.4, 0.5) is 4.79 Å². The predicted molar refractivity (Wildman–Crippen MR) is 36.8 cm³/mol. The number of aliphatic carboxylic acids is 1. The average molecular weight is 163 g/mol. The molecule has 0 atom stereocenters. The minimum atomic E-state index is -0.988. The van der Waals surface area contributed by atoms with Crippen LogP contribution in [0.15, 0.2) is 4.36 Å². The number of hydrogen-bond donors (Lipinski definition) is 2. The Hall–Kier alpha value is -1.04. The summed E-state index contributed by atoms with van der Waals surface area (Å²) in [6.45, 7) is 0. The van der Waals surface area contributed by atoms with E-state index in [9.17, 15) is 9.59 Å². The summed E-state index contributed by atoms with van der Waals surface area (Å²) in [6.07, 6.45) is 0. The van der Waals surface area contributed by atoms with E-state index in [1.807, 2.05) is 0 Å². The fourth-order valence-corrected chi connectivity index (χ4v) is 0.575. The van der Waals surface area contributed by atoms with E-state index in [0.717, 1.165) is 0 Å². The van der Waals surface area contributed by atoms with Gasteiger partial charge in [-0.25, -0.2) is 9.59 Å². The molecule has 0 saturated carbocycles. The van der Waals surface area contributed by atoms with E-state index in [-0.39, 0.29) is 5.75 Å².